The molecule has 13 heteroatoms. The average molecular weight is 457 g/mol. The van der Waals surface area contributed by atoms with Gasteiger partial charge in [-0.1, -0.05) is 24.3 Å². The van der Waals surface area contributed by atoms with Crippen LogP contribution in [0.25, 0.3) is 11.2 Å². The third-order valence-electron chi connectivity index (χ3n) is 5.05. The number of hydrogen-bond donors (Lipinski definition) is 6. The van der Waals surface area contributed by atoms with Crippen molar-refractivity contribution >= 4 is 35.0 Å². The van der Waals surface area contributed by atoms with Gasteiger partial charge in [0.05, 0.1) is 17.8 Å². The molecular weight excluding hydrogens is 434 g/mol. The highest BCUT2D eigenvalue weighted by Gasteiger charge is 2.28. The zero-order valence-corrected chi connectivity index (χ0v) is 17.4. The number of carboxylic acid groups (broad SMARTS) is 2. The first-order chi connectivity index (χ1) is 15.6. The van der Waals surface area contributed by atoms with E-state index in [1.54, 1.807) is 12.2 Å². The first kappa shape index (κ1) is 23.5. The molecule has 2 aromatic rings. The lowest BCUT2D eigenvalue weighted by molar-refractivity contribution is -0.143. The van der Waals surface area contributed by atoms with Gasteiger partial charge in [-0.05, 0) is 12.8 Å². The predicted molar refractivity (Wildman–Crippen MR) is 116 cm³/mol. The molecule has 3 rings (SSSR count). The number of aromatic nitrogens is 4. The number of fused-ring (bicyclic) bond motifs is 1. The van der Waals surface area contributed by atoms with E-state index in [2.05, 4.69) is 37.1 Å². The van der Waals surface area contributed by atoms with Gasteiger partial charge in [-0.2, -0.15) is 4.98 Å². The summed E-state index contributed by atoms with van der Waals surface area (Å²) in [6.07, 6.45) is 4.53. The van der Waals surface area contributed by atoms with E-state index in [-0.39, 0.29) is 49.0 Å². The molecule has 0 saturated heterocycles. The Morgan fingerprint density at radius 1 is 1.27 bits per heavy atom. The molecule has 3 unspecified atom stereocenters. The molecule has 1 aliphatic rings. The fraction of sp³-hybridized carbons (Fsp3) is 0.350. The molecule has 1 aliphatic carbocycles. The van der Waals surface area contributed by atoms with Crippen LogP contribution in [-0.4, -0.2) is 60.1 Å². The van der Waals surface area contributed by atoms with Crippen LogP contribution >= 0.6 is 0 Å². The van der Waals surface area contributed by atoms with Crippen LogP contribution in [0.1, 0.15) is 25.0 Å². The van der Waals surface area contributed by atoms with Crippen molar-refractivity contribution in [1.82, 2.24) is 30.6 Å². The Balaban J connectivity index is 1.60. The van der Waals surface area contributed by atoms with E-state index < -0.39 is 35.4 Å². The van der Waals surface area contributed by atoms with Gasteiger partial charge in [-0.25, -0.2) is 14.8 Å². The maximum absolute atomic E-state index is 12.5. The van der Waals surface area contributed by atoms with Crippen LogP contribution in [0, 0.1) is 5.92 Å². The molecule has 174 valence electrons. The standard InChI is InChI=1S/C20H23N7O6/c1-9-6-10(17(30)25-13(19(32)33)4-5-14(28)29)2-3-12(9)22-7-11-8-23-16-15(24-11)18(31)27-20(21)26-16/h2-3,8,10,12-13,22H,1,4-7H2,(H,25,30)(H,28,29)(H,32,33)(H3,21,23,26,27,31). The number of H-pyrrole nitrogens is 1. The zero-order chi connectivity index (χ0) is 24.1. The minimum atomic E-state index is -1.30. The number of aliphatic carboxylic acids is 2. The number of anilines is 1. The van der Waals surface area contributed by atoms with E-state index in [1.165, 1.54) is 6.20 Å². The molecule has 1 amide bonds. The lowest BCUT2D eigenvalue weighted by Gasteiger charge is -2.26. The topological polar surface area (TPSA) is 213 Å². The average Bonchev–Trinajstić information content (AvgIpc) is 2.75. The Labute approximate surface area is 186 Å². The summed E-state index contributed by atoms with van der Waals surface area (Å²) in [5.74, 6) is -3.63. The van der Waals surface area contributed by atoms with Crippen LogP contribution in [0.4, 0.5) is 5.95 Å². The molecule has 0 aromatic carbocycles. The van der Waals surface area contributed by atoms with Crippen molar-refractivity contribution in [2.45, 2.75) is 37.9 Å². The van der Waals surface area contributed by atoms with Crippen molar-refractivity contribution in [3.8, 4) is 0 Å². The van der Waals surface area contributed by atoms with Crippen LogP contribution in [0.15, 0.2) is 35.3 Å². The van der Waals surface area contributed by atoms with Gasteiger partial charge in [-0.15, -0.1) is 0 Å². The van der Waals surface area contributed by atoms with E-state index in [1.807, 2.05) is 0 Å². The van der Waals surface area contributed by atoms with Crippen molar-refractivity contribution in [2.24, 2.45) is 5.92 Å². The Morgan fingerprint density at radius 2 is 2.03 bits per heavy atom. The third kappa shape index (κ3) is 5.98. The Bertz CT molecular complexity index is 1190. The van der Waals surface area contributed by atoms with Crippen molar-refractivity contribution in [1.29, 1.82) is 0 Å². The van der Waals surface area contributed by atoms with E-state index in [0.717, 1.165) is 0 Å². The molecule has 0 aliphatic heterocycles. The minimum absolute atomic E-state index is 0.0496. The van der Waals surface area contributed by atoms with Gasteiger partial charge < -0.3 is 26.6 Å². The fourth-order valence-electron chi connectivity index (χ4n) is 3.33. The van der Waals surface area contributed by atoms with Gasteiger partial charge >= 0.3 is 11.9 Å². The molecule has 3 atom stereocenters. The summed E-state index contributed by atoms with van der Waals surface area (Å²) in [4.78, 5) is 61.0. The van der Waals surface area contributed by atoms with Gasteiger partial charge in [0, 0.05) is 19.0 Å². The first-order valence-corrected chi connectivity index (χ1v) is 9.99. The van der Waals surface area contributed by atoms with Crippen LogP contribution in [0.5, 0.6) is 0 Å². The third-order valence-corrected chi connectivity index (χ3v) is 5.05. The summed E-state index contributed by atoms with van der Waals surface area (Å²) < 4.78 is 0. The van der Waals surface area contributed by atoms with Gasteiger partial charge in [0.1, 0.15) is 6.04 Å². The molecular formula is C20H23N7O6. The summed E-state index contributed by atoms with van der Waals surface area (Å²) in [5.41, 5.74) is 6.38. The Hall–Kier alpha value is -4.13. The number of carboxylic acids is 2. The molecule has 0 bridgehead atoms. The fourth-order valence-corrected chi connectivity index (χ4v) is 3.33. The van der Waals surface area contributed by atoms with Gasteiger partial charge in [-0.3, -0.25) is 19.4 Å². The number of carbonyl (C=O) groups excluding carboxylic acids is 1. The normalized spacial score (nSPS) is 18.7. The molecule has 0 spiro atoms. The number of hydrogen-bond acceptors (Lipinski definition) is 9. The highest BCUT2D eigenvalue weighted by Crippen LogP contribution is 2.23. The molecule has 0 fully saturated rings. The zero-order valence-electron chi connectivity index (χ0n) is 17.4. The van der Waals surface area contributed by atoms with Gasteiger partial charge in [0.25, 0.3) is 5.56 Å². The van der Waals surface area contributed by atoms with Crippen LogP contribution in [-0.2, 0) is 20.9 Å². The number of carbonyl (C=O) groups is 3. The number of nitrogens with two attached hydrogens (primary N) is 1. The number of rotatable bonds is 9. The molecule has 2 heterocycles. The quantitative estimate of drug-likeness (QED) is 0.259. The highest BCUT2D eigenvalue weighted by atomic mass is 16.4. The smallest absolute Gasteiger partial charge is 0.326 e. The molecule has 0 radical (unpaired) electrons. The highest BCUT2D eigenvalue weighted by molar-refractivity contribution is 5.86. The second-order valence-corrected chi connectivity index (χ2v) is 7.53. The summed E-state index contributed by atoms with van der Waals surface area (Å²) >= 11 is 0. The minimum Gasteiger partial charge on any atom is -0.481 e. The van der Waals surface area contributed by atoms with Crippen molar-refractivity contribution in [2.75, 3.05) is 5.73 Å². The van der Waals surface area contributed by atoms with Crippen molar-refractivity contribution < 1.29 is 24.6 Å². The lowest BCUT2D eigenvalue weighted by Crippen LogP contribution is -2.44. The molecule has 7 N–H and O–H groups in total. The van der Waals surface area contributed by atoms with Crippen LogP contribution in [0.3, 0.4) is 0 Å². The monoisotopic (exact) mass is 457 g/mol. The van der Waals surface area contributed by atoms with Crippen LogP contribution in [0.2, 0.25) is 0 Å². The maximum Gasteiger partial charge on any atom is 0.326 e. The second kappa shape index (κ2) is 9.99. The number of nitrogens with zero attached hydrogens (tertiary/aromatic N) is 3. The molecule has 33 heavy (non-hydrogen) atoms. The number of nitrogens with one attached hydrogen (secondary N) is 3. The lowest BCUT2D eigenvalue weighted by atomic mass is 9.88. The van der Waals surface area contributed by atoms with Gasteiger partial charge in [0.15, 0.2) is 11.2 Å². The second-order valence-electron chi connectivity index (χ2n) is 7.53. The number of amides is 1. The molecule has 13 nitrogen and oxygen atoms in total. The van der Waals surface area contributed by atoms with E-state index in [4.69, 9.17) is 10.8 Å². The van der Waals surface area contributed by atoms with Crippen molar-refractivity contribution in [3.63, 3.8) is 0 Å². The van der Waals surface area contributed by atoms with E-state index in [9.17, 15) is 24.3 Å². The molecule has 0 saturated carbocycles. The summed E-state index contributed by atoms with van der Waals surface area (Å²) in [6.45, 7) is 4.24. The summed E-state index contributed by atoms with van der Waals surface area (Å²) in [6, 6.07) is -1.57. The van der Waals surface area contributed by atoms with E-state index >= 15 is 0 Å². The van der Waals surface area contributed by atoms with Gasteiger partial charge in [0.2, 0.25) is 11.9 Å². The number of aromatic amines is 1. The maximum atomic E-state index is 12.5. The SMILES string of the molecule is C=C1CC(C(=O)NC(CCC(=O)O)C(=O)O)C=CC1NCc1cnc2nc(N)[nH]c(=O)c2n1. The van der Waals surface area contributed by atoms with Crippen LogP contribution < -0.4 is 21.9 Å². The molecule has 2 aromatic heterocycles. The summed E-state index contributed by atoms with van der Waals surface area (Å²) in [5, 5.41) is 23.5. The van der Waals surface area contributed by atoms with E-state index in [0.29, 0.717) is 11.3 Å². The first-order valence-electron chi connectivity index (χ1n) is 9.99. The summed E-state index contributed by atoms with van der Waals surface area (Å²) in [7, 11) is 0. The Kier molecular flexibility index (Phi) is 7.13. The Morgan fingerprint density at radius 3 is 2.70 bits per heavy atom. The van der Waals surface area contributed by atoms with Crippen molar-refractivity contribution in [3.05, 3.63) is 46.5 Å². The largest absolute Gasteiger partial charge is 0.481 e. The predicted octanol–water partition coefficient (Wildman–Crippen LogP) is -0.680. The number of nitrogen functional groups attached to an aromatic ring is 1.